The Labute approximate surface area is 123 Å². The van der Waals surface area contributed by atoms with E-state index < -0.39 is 5.97 Å². The van der Waals surface area contributed by atoms with Gasteiger partial charge in [-0.15, -0.1) is 0 Å². The zero-order valence-corrected chi connectivity index (χ0v) is 11.7. The molecule has 0 atom stereocenters. The van der Waals surface area contributed by atoms with Gasteiger partial charge in [0.25, 0.3) is 0 Å². The molecule has 0 aromatic heterocycles. The number of benzene rings is 2. The normalized spacial score (nSPS) is 10.3. The number of carbonyl (C=O) groups excluding carboxylic acids is 1. The van der Waals surface area contributed by atoms with Crippen molar-refractivity contribution in [2.24, 2.45) is 4.99 Å². The molecule has 0 radical (unpaired) electrons. The lowest BCUT2D eigenvalue weighted by Crippen LogP contribution is -2.02. The maximum absolute atomic E-state index is 11.1. The molecule has 0 spiro atoms. The van der Waals surface area contributed by atoms with Gasteiger partial charge in [0.05, 0.1) is 12.8 Å². The van der Waals surface area contributed by atoms with Crippen molar-refractivity contribution in [3.8, 4) is 11.5 Å². The van der Waals surface area contributed by atoms with Crippen molar-refractivity contribution in [1.82, 2.24) is 0 Å². The second kappa shape index (κ2) is 7.05. The van der Waals surface area contributed by atoms with E-state index >= 15 is 0 Å². The van der Waals surface area contributed by atoms with Gasteiger partial charge >= 0.3 is 5.97 Å². The Morgan fingerprint density at radius 1 is 1.05 bits per heavy atom. The van der Waals surface area contributed by atoms with E-state index in [1.807, 2.05) is 36.4 Å². The van der Waals surface area contributed by atoms with Crippen molar-refractivity contribution in [3.05, 3.63) is 66.7 Å². The van der Waals surface area contributed by atoms with Crippen LogP contribution in [-0.4, -0.2) is 19.3 Å². The number of methoxy groups -OCH3 is 1. The van der Waals surface area contributed by atoms with Crippen LogP contribution in [0.3, 0.4) is 0 Å². The molecular weight excluding hydrogens is 266 g/mol. The van der Waals surface area contributed by atoms with Crippen molar-refractivity contribution in [1.29, 1.82) is 0 Å². The molecule has 0 aliphatic carbocycles. The first-order chi connectivity index (χ1) is 10.2. The van der Waals surface area contributed by atoms with Gasteiger partial charge in [-0.1, -0.05) is 6.58 Å². The highest BCUT2D eigenvalue weighted by atomic mass is 16.5. The molecule has 0 fully saturated rings. The maximum atomic E-state index is 11.1. The molecule has 0 saturated heterocycles. The van der Waals surface area contributed by atoms with E-state index in [0.29, 0.717) is 5.75 Å². The van der Waals surface area contributed by atoms with Crippen LogP contribution >= 0.6 is 0 Å². The first-order valence-corrected chi connectivity index (χ1v) is 6.33. The predicted molar refractivity (Wildman–Crippen MR) is 82.5 cm³/mol. The number of ether oxygens (including phenoxy) is 2. The summed E-state index contributed by atoms with van der Waals surface area (Å²) in [6, 6.07) is 14.5. The summed E-state index contributed by atoms with van der Waals surface area (Å²) in [5.41, 5.74) is 1.74. The molecule has 0 unspecified atom stereocenters. The highest BCUT2D eigenvalue weighted by molar-refractivity contribution is 5.84. The number of nitrogens with zero attached hydrogens (tertiary/aromatic N) is 1. The summed E-state index contributed by atoms with van der Waals surface area (Å²) in [5, 5.41) is 0. The van der Waals surface area contributed by atoms with Crippen molar-refractivity contribution in [2.75, 3.05) is 7.11 Å². The number of esters is 1. The molecule has 0 N–H and O–H groups in total. The molecule has 2 aromatic rings. The molecule has 0 amide bonds. The minimum Gasteiger partial charge on any atom is -0.497 e. The largest absolute Gasteiger partial charge is 0.497 e. The Bertz CT molecular complexity index is 643. The lowest BCUT2D eigenvalue weighted by atomic mass is 10.2. The fourth-order valence-electron chi connectivity index (χ4n) is 1.60. The van der Waals surface area contributed by atoms with Gasteiger partial charge in [-0.3, -0.25) is 4.99 Å². The monoisotopic (exact) mass is 281 g/mol. The number of carbonyl (C=O) groups is 1. The van der Waals surface area contributed by atoms with Gasteiger partial charge < -0.3 is 9.47 Å². The SMILES string of the molecule is C=CC(=O)Oc1ccc(/C=N\c2ccc(OC)cc2)cc1. The molecule has 4 nitrogen and oxygen atoms in total. The van der Waals surface area contributed by atoms with Crippen LogP contribution in [0.4, 0.5) is 5.69 Å². The molecule has 0 aliphatic rings. The number of rotatable bonds is 5. The van der Waals surface area contributed by atoms with E-state index in [4.69, 9.17) is 9.47 Å². The summed E-state index contributed by atoms with van der Waals surface area (Å²) in [5.74, 6) is 0.790. The zero-order chi connectivity index (χ0) is 15.1. The summed E-state index contributed by atoms with van der Waals surface area (Å²) in [6.45, 7) is 3.35. The lowest BCUT2D eigenvalue weighted by Gasteiger charge is -2.01. The van der Waals surface area contributed by atoms with Gasteiger partial charge in [0.1, 0.15) is 11.5 Å². The van der Waals surface area contributed by atoms with Crippen LogP contribution in [0.5, 0.6) is 11.5 Å². The maximum Gasteiger partial charge on any atom is 0.335 e. The quantitative estimate of drug-likeness (QED) is 0.364. The molecule has 2 aromatic carbocycles. The molecule has 21 heavy (non-hydrogen) atoms. The molecule has 106 valence electrons. The van der Waals surface area contributed by atoms with E-state index in [-0.39, 0.29) is 0 Å². The van der Waals surface area contributed by atoms with Crippen LogP contribution in [0.15, 0.2) is 66.2 Å². The summed E-state index contributed by atoms with van der Waals surface area (Å²) in [4.78, 5) is 15.4. The topological polar surface area (TPSA) is 47.9 Å². The Morgan fingerprint density at radius 3 is 2.24 bits per heavy atom. The van der Waals surface area contributed by atoms with Crippen molar-refractivity contribution in [2.45, 2.75) is 0 Å². The second-order valence-electron chi connectivity index (χ2n) is 4.15. The lowest BCUT2D eigenvalue weighted by molar-refractivity contribution is -0.128. The molecule has 0 heterocycles. The summed E-state index contributed by atoms with van der Waals surface area (Å²) in [6.07, 6.45) is 2.86. The standard InChI is InChI=1S/C17H15NO3/c1-3-17(19)21-16-8-4-13(5-9-16)12-18-14-6-10-15(20-2)11-7-14/h3-12H,1H2,2H3/b18-12-. The van der Waals surface area contributed by atoms with E-state index in [2.05, 4.69) is 11.6 Å². The Hall–Kier alpha value is -2.88. The van der Waals surface area contributed by atoms with Crippen LogP contribution in [-0.2, 0) is 4.79 Å². The number of aliphatic imine (C=N–C) groups is 1. The molecule has 0 saturated carbocycles. The Balaban J connectivity index is 2.03. The van der Waals surface area contributed by atoms with Crippen LogP contribution < -0.4 is 9.47 Å². The van der Waals surface area contributed by atoms with Gasteiger partial charge in [0.2, 0.25) is 0 Å². The minimum absolute atomic E-state index is 0.474. The fraction of sp³-hybridized carbons (Fsp3) is 0.0588. The van der Waals surface area contributed by atoms with Crippen molar-refractivity contribution < 1.29 is 14.3 Å². The average Bonchev–Trinajstić information content (AvgIpc) is 2.54. The van der Waals surface area contributed by atoms with Gasteiger partial charge in [-0.2, -0.15) is 0 Å². The summed E-state index contributed by atoms with van der Waals surface area (Å²) >= 11 is 0. The van der Waals surface area contributed by atoms with E-state index in [1.54, 1.807) is 25.5 Å². The Morgan fingerprint density at radius 2 is 1.67 bits per heavy atom. The van der Waals surface area contributed by atoms with Crippen molar-refractivity contribution >= 4 is 17.9 Å². The molecule has 0 bridgehead atoms. The first-order valence-electron chi connectivity index (χ1n) is 6.33. The highest BCUT2D eigenvalue weighted by Crippen LogP contribution is 2.18. The van der Waals surface area contributed by atoms with Crippen LogP contribution in [0.25, 0.3) is 0 Å². The van der Waals surface area contributed by atoms with Crippen LogP contribution in [0, 0.1) is 0 Å². The molecule has 2 rings (SSSR count). The Kier molecular flexibility index (Phi) is 4.88. The zero-order valence-electron chi connectivity index (χ0n) is 11.7. The van der Waals surface area contributed by atoms with Gasteiger partial charge in [0, 0.05) is 12.3 Å². The third-order valence-electron chi connectivity index (χ3n) is 2.70. The molecule has 4 heteroatoms. The van der Waals surface area contributed by atoms with E-state index in [1.165, 1.54) is 0 Å². The number of hydrogen-bond acceptors (Lipinski definition) is 4. The van der Waals surface area contributed by atoms with E-state index in [0.717, 1.165) is 23.1 Å². The second-order valence-corrected chi connectivity index (χ2v) is 4.15. The van der Waals surface area contributed by atoms with Crippen molar-refractivity contribution in [3.63, 3.8) is 0 Å². The van der Waals surface area contributed by atoms with E-state index in [9.17, 15) is 4.79 Å². The van der Waals surface area contributed by atoms with Crippen LogP contribution in [0.2, 0.25) is 0 Å². The molecule has 0 aliphatic heterocycles. The van der Waals surface area contributed by atoms with Gasteiger partial charge in [-0.25, -0.2) is 4.79 Å². The average molecular weight is 281 g/mol. The van der Waals surface area contributed by atoms with Gasteiger partial charge in [0.15, 0.2) is 0 Å². The highest BCUT2D eigenvalue weighted by Gasteiger charge is 1.98. The molecular formula is C17H15NO3. The van der Waals surface area contributed by atoms with Crippen LogP contribution in [0.1, 0.15) is 5.56 Å². The third-order valence-corrected chi connectivity index (χ3v) is 2.70. The summed E-state index contributed by atoms with van der Waals surface area (Å²) in [7, 11) is 1.62. The minimum atomic E-state index is -0.477. The summed E-state index contributed by atoms with van der Waals surface area (Å²) < 4.78 is 10.1. The fourth-order valence-corrected chi connectivity index (χ4v) is 1.60. The van der Waals surface area contributed by atoms with Gasteiger partial charge in [-0.05, 0) is 54.1 Å². The first kappa shape index (κ1) is 14.5. The predicted octanol–water partition coefficient (Wildman–Crippen LogP) is 3.54. The smallest absolute Gasteiger partial charge is 0.335 e. The number of hydrogen-bond donors (Lipinski definition) is 0. The third kappa shape index (κ3) is 4.31.